The lowest BCUT2D eigenvalue weighted by molar-refractivity contribution is -0.124. The first-order chi connectivity index (χ1) is 10.1. The monoisotopic (exact) mass is 327 g/mol. The van der Waals surface area contributed by atoms with Crippen molar-refractivity contribution >= 4 is 35.1 Å². The van der Waals surface area contributed by atoms with Crippen molar-refractivity contribution in [1.29, 1.82) is 0 Å². The fourth-order valence-electron chi connectivity index (χ4n) is 1.55. The van der Waals surface area contributed by atoms with Crippen LogP contribution in [0.2, 0.25) is 10.0 Å². The third kappa shape index (κ3) is 4.24. The molecule has 0 aliphatic heterocycles. The van der Waals surface area contributed by atoms with E-state index in [2.05, 4.69) is 5.32 Å². The van der Waals surface area contributed by atoms with E-state index in [1.807, 2.05) is 0 Å². The predicted octanol–water partition coefficient (Wildman–Crippen LogP) is 3.06. The molecule has 7 heteroatoms. The largest absolute Gasteiger partial charge is 0.467 e. The van der Waals surface area contributed by atoms with E-state index in [-0.39, 0.29) is 22.2 Å². The highest BCUT2D eigenvalue weighted by Gasteiger charge is 2.17. The van der Waals surface area contributed by atoms with Gasteiger partial charge in [-0.05, 0) is 24.3 Å². The van der Waals surface area contributed by atoms with Crippen LogP contribution < -0.4 is 5.32 Å². The van der Waals surface area contributed by atoms with Gasteiger partial charge in [-0.3, -0.25) is 4.79 Å². The molecule has 0 radical (unpaired) electrons. The van der Waals surface area contributed by atoms with E-state index in [0.29, 0.717) is 5.76 Å². The second-order valence-corrected chi connectivity index (χ2v) is 4.84. The number of carbonyl (C=O) groups is 2. The Labute approximate surface area is 130 Å². The summed E-state index contributed by atoms with van der Waals surface area (Å²) in [6, 6.07) is 8.07. The molecule has 1 N–H and O–H groups in total. The number of rotatable bonds is 5. The van der Waals surface area contributed by atoms with Crippen molar-refractivity contribution < 1.29 is 18.7 Å². The lowest BCUT2D eigenvalue weighted by atomic mass is 10.2. The van der Waals surface area contributed by atoms with Crippen molar-refractivity contribution in [2.24, 2.45) is 0 Å². The second-order valence-electron chi connectivity index (χ2n) is 4.03. The fraction of sp³-hybridized carbons (Fsp3) is 0.143. The summed E-state index contributed by atoms with van der Waals surface area (Å²) < 4.78 is 9.92. The molecule has 0 saturated carbocycles. The van der Waals surface area contributed by atoms with E-state index >= 15 is 0 Å². The van der Waals surface area contributed by atoms with Crippen LogP contribution in [0, 0.1) is 0 Å². The molecular formula is C14H11Cl2NO4. The van der Waals surface area contributed by atoms with Gasteiger partial charge in [0.05, 0.1) is 28.4 Å². The van der Waals surface area contributed by atoms with Gasteiger partial charge in [-0.25, -0.2) is 4.79 Å². The number of hydrogen-bond acceptors (Lipinski definition) is 4. The summed E-state index contributed by atoms with van der Waals surface area (Å²) in [5.41, 5.74) is 0.0414. The third-order valence-corrected chi connectivity index (χ3v) is 3.17. The van der Waals surface area contributed by atoms with Crippen LogP contribution in [0.15, 0.2) is 41.0 Å². The summed E-state index contributed by atoms with van der Waals surface area (Å²) in [5, 5.41) is 2.89. The molecule has 2 aromatic rings. The number of furan rings is 1. The average Bonchev–Trinajstić information content (AvgIpc) is 2.96. The lowest BCUT2D eigenvalue weighted by Gasteiger charge is -2.08. The molecule has 0 fully saturated rings. The summed E-state index contributed by atoms with van der Waals surface area (Å²) in [6.45, 7) is -0.211. The van der Waals surface area contributed by atoms with E-state index in [4.69, 9.17) is 32.4 Å². The number of halogens is 2. The molecule has 5 nitrogen and oxygen atoms in total. The van der Waals surface area contributed by atoms with Crippen LogP contribution in [-0.2, 0) is 16.1 Å². The minimum Gasteiger partial charge on any atom is -0.467 e. The molecule has 0 aliphatic carbocycles. The van der Waals surface area contributed by atoms with Crippen LogP contribution in [-0.4, -0.2) is 18.5 Å². The van der Waals surface area contributed by atoms with Crippen LogP contribution in [0.5, 0.6) is 0 Å². The molecule has 0 bridgehead atoms. The molecule has 0 aliphatic rings. The quantitative estimate of drug-likeness (QED) is 0.857. The zero-order valence-electron chi connectivity index (χ0n) is 10.8. The van der Waals surface area contributed by atoms with E-state index in [1.54, 1.807) is 18.2 Å². The van der Waals surface area contributed by atoms with Gasteiger partial charge in [0.2, 0.25) is 0 Å². The number of esters is 1. The molecule has 21 heavy (non-hydrogen) atoms. The van der Waals surface area contributed by atoms with Crippen molar-refractivity contribution in [3.05, 3.63) is 58.0 Å². The molecule has 1 amide bonds. The number of nitrogens with one attached hydrogen (secondary N) is 1. The zero-order valence-corrected chi connectivity index (χ0v) is 12.3. The van der Waals surface area contributed by atoms with Crippen molar-refractivity contribution in [3.63, 3.8) is 0 Å². The van der Waals surface area contributed by atoms with Crippen LogP contribution in [0.25, 0.3) is 0 Å². The van der Waals surface area contributed by atoms with Crippen LogP contribution >= 0.6 is 23.2 Å². The van der Waals surface area contributed by atoms with Crippen molar-refractivity contribution in [3.8, 4) is 0 Å². The maximum absolute atomic E-state index is 11.8. The standard InChI is InChI=1S/C14H11Cl2NO4/c15-10-4-1-5-11(16)13(10)14(19)21-8-12(18)17-7-9-3-2-6-20-9/h1-6H,7-8H2,(H,17,18). The van der Waals surface area contributed by atoms with Crippen molar-refractivity contribution in [1.82, 2.24) is 5.32 Å². The predicted molar refractivity (Wildman–Crippen MR) is 77.3 cm³/mol. The summed E-state index contributed by atoms with van der Waals surface area (Å²) in [4.78, 5) is 23.4. The Morgan fingerprint density at radius 3 is 2.48 bits per heavy atom. The van der Waals surface area contributed by atoms with Crippen LogP contribution in [0.3, 0.4) is 0 Å². The molecule has 110 valence electrons. The van der Waals surface area contributed by atoms with Gasteiger partial charge in [0.1, 0.15) is 5.76 Å². The third-order valence-electron chi connectivity index (χ3n) is 2.54. The fourth-order valence-corrected chi connectivity index (χ4v) is 2.10. The lowest BCUT2D eigenvalue weighted by Crippen LogP contribution is -2.28. The number of hydrogen-bond donors (Lipinski definition) is 1. The number of carbonyl (C=O) groups excluding carboxylic acids is 2. The Bertz CT molecular complexity index is 620. The normalized spacial score (nSPS) is 10.2. The Kier molecular flexibility index (Phi) is 5.25. The smallest absolute Gasteiger partial charge is 0.341 e. The first-order valence-corrected chi connectivity index (χ1v) is 6.73. The summed E-state index contributed by atoms with van der Waals surface area (Å²) in [5.74, 6) is -0.606. The topological polar surface area (TPSA) is 68.5 Å². The Hall–Kier alpha value is -1.98. The first kappa shape index (κ1) is 15.4. The van der Waals surface area contributed by atoms with E-state index in [1.165, 1.54) is 18.4 Å². The van der Waals surface area contributed by atoms with Gasteiger partial charge in [-0.1, -0.05) is 29.3 Å². The molecule has 0 spiro atoms. The number of amides is 1. The van der Waals surface area contributed by atoms with Gasteiger partial charge in [0.15, 0.2) is 6.61 Å². The highest BCUT2D eigenvalue weighted by molar-refractivity contribution is 6.39. The van der Waals surface area contributed by atoms with Crippen LogP contribution in [0.1, 0.15) is 16.1 Å². The van der Waals surface area contributed by atoms with Crippen molar-refractivity contribution in [2.45, 2.75) is 6.54 Å². The highest BCUT2D eigenvalue weighted by atomic mass is 35.5. The number of ether oxygens (including phenoxy) is 1. The molecule has 0 unspecified atom stereocenters. The van der Waals surface area contributed by atoms with E-state index in [9.17, 15) is 9.59 Å². The van der Waals surface area contributed by atoms with Gasteiger partial charge < -0.3 is 14.5 Å². The maximum Gasteiger partial charge on any atom is 0.341 e. The molecular weight excluding hydrogens is 317 g/mol. The molecule has 1 heterocycles. The Morgan fingerprint density at radius 2 is 1.86 bits per heavy atom. The molecule has 1 aromatic carbocycles. The van der Waals surface area contributed by atoms with E-state index < -0.39 is 18.5 Å². The maximum atomic E-state index is 11.8. The zero-order chi connectivity index (χ0) is 15.2. The SMILES string of the molecule is O=C(COC(=O)c1c(Cl)cccc1Cl)NCc1ccco1. The highest BCUT2D eigenvalue weighted by Crippen LogP contribution is 2.24. The first-order valence-electron chi connectivity index (χ1n) is 5.98. The Balaban J connectivity index is 1.85. The van der Waals surface area contributed by atoms with Gasteiger partial charge >= 0.3 is 5.97 Å². The van der Waals surface area contributed by atoms with E-state index in [0.717, 1.165) is 0 Å². The van der Waals surface area contributed by atoms with Gasteiger partial charge in [-0.15, -0.1) is 0 Å². The summed E-state index contributed by atoms with van der Waals surface area (Å²) in [7, 11) is 0. The van der Waals surface area contributed by atoms with Gasteiger partial charge in [0.25, 0.3) is 5.91 Å². The molecule has 1 aromatic heterocycles. The van der Waals surface area contributed by atoms with Gasteiger partial charge in [-0.2, -0.15) is 0 Å². The molecule has 0 atom stereocenters. The summed E-state index contributed by atoms with van der Waals surface area (Å²) >= 11 is 11.7. The average molecular weight is 328 g/mol. The number of benzene rings is 1. The van der Waals surface area contributed by atoms with Crippen LogP contribution in [0.4, 0.5) is 0 Å². The molecule has 2 rings (SSSR count). The van der Waals surface area contributed by atoms with Crippen molar-refractivity contribution in [2.75, 3.05) is 6.61 Å². The summed E-state index contributed by atoms with van der Waals surface area (Å²) in [6.07, 6.45) is 1.50. The minimum atomic E-state index is -0.751. The Morgan fingerprint density at radius 1 is 1.14 bits per heavy atom. The second kappa shape index (κ2) is 7.15. The molecule has 0 saturated heterocycles. The minimum absolute atomic E-state index is 0.0414. The van der Waals surface area contributed by atoms with Gasteiger partial charge in [0, 0.05) is 0 Å².